The van der Waals surface area contributed by atoms with Crippen LogP contribution in [0.1, 0.15) is 37.7 Å². The maximum atomic E-state index is 12.0. The Labute approximate surface area is 192 Å². The lowest BCUT2D eigenvalue weighted by Gasteiger charge is -2.22. The number of benzene rings is 2. The molecule has 0 aromatic heterocycles. The Hall–Kier alpha value is -3.88. The first kappa shape index (κ1) is 23.8. The molecule has 0 saturated heterocycles. The Morgan fingerprint density at radius 3 is 2.48 bits per heavy atom. The summed E-state index contributed by atoms with van der Waals surface area (Å²) in [6, 6.07) is 13.8. The maximum Gasteiger partial charge on any atom is 0.329 e. The van der Waals surface area contributed by atoms with Crippen LogP contribution in [0.5, 0.6) is 11.5 Å². The number of hydrogen-bond donors (Lipinski definition) is 3. The molecule has 9 heteroatoms. The van der Waals surface area contributed by atoms with Crippen molar-refractivity contribution in [2.24, 2.45) is 5.10 Å². The summed E-state index contributed by atoms with van der Waals surface area (Å²) in [6.45, 7) is -0.0393. The fourth-order valence-corrected chi connectivity index (χ4v) is 3.42. The fourth-order valence-electron chi connectivity index (χ4n) is 3.42. The normalized spacial score (nSPS) is 13.8. The number of nitrogens with zero attached hydrogens (tertiary/aromatic N) is 1. The number of hydrogen-bond acceptors (Lipinski definition) is 6. The second-order valence-corrected chi connectivity index (χ2v) is 7.65. The van der Waals surface area contributed by atoms with Gasteiger partial charge in [0, 0.05) is 17.8 Å². The minimum absolute atomic E-state index is 0.0393. The molecule has 0 unspecified atom stereocenters. The predicted octanol–water partition coefficient (Wildman–Crippen LogP) is 2.61. The van der Waals surface area contributed by atoms with Crippen molar-refractivity contribution in [1.82, 2.24) is 10.7 Å². The third-order valence-electron chi connectivity index (χ3n) is 5.13. The third kappa shape index (κ3) is 7.95. The van der Waals surface area contributed by atoms with Crippen LogP contribution in [0, 0.1) is 0 Å². The van der Waals surface area contributed by atoms with E-state index in [0.717, 1.165) is 25.7 Å². The average molecular weight is 453 g/mol. The lowest BCUT2D eigenvalue weighted by atomic mass is 9.95. The van der Waals surface area contributed by atoms with Crippen molar-refractivity contribution in [3.63, 3.8) is 0 Å². The van der Waals surface area contributed by atoms with Gasteiger partial charge in [-0.05, 0) is 54.8 Å². The van der Waals surface area contributed by atoms with Gasteiger partial charge in [0.1, 0.15) is 11.5 Å². The Morgan fingerprint density at radius 1 is 1.00 bits per heavy atom. The van der Waals surface area contributed by atoms with Gasteiger partial charge < -0.3 is 20.1 Å². The first-order valence-electron chi connectivity index (χ1n) is 10.8. The van der Waals surface area contributed by atoms with Gasteiger partial charge in [-0.2, -0.15) is 5.10 Å². The zero-order valence-corrected chi connectivity index (χ0v) is 18.5. The van der Waals surface area contributed by atoms with E-state index in [1.807, 2.05) is 0 Å². The second kappa shape index (κ2) is 12.2. The average Bonchev–Trinajstić information content (AvgIpc) is 2.84. The monoisotopic (exact) mass is 452 g/mol. The van der Waals surface area contributed by atoms with Gasteiger partial charge in [0.05, 0.1) is 13.3 Å². The summed E-state index contributed by atoms with van der Waals surface area (Å²) in [5.74, 6) is -0.771. The van der Waals surface area contributed by atoms with Crippen LogP contribution in [0.25, 0.3) is 0 Å². The largest absolute Gasteiger partial charge is 0.497 e. The molecule has 1 aliphatic rings. The standard InChI is InChI=1S/C24H28N4O5/c1-32-21-9-5-8-19(14-21)27-23(30)24(31)28-25-15-17-10-12-20(13-11-17)33-16-22(29)26-18-6-3-2-4-7-18/h5,8-15,18H,2-4,6-7,16H2,1H3,(H,26,29)(H,27,30)(H,28,31)/b25-15-. The van der Waals surface area contributed by atoms with E-state index in [9.17, 15) is 14.4 Å². The zero-order valence-electron chi connectivity index (χ0n) is 18.5. The Morgan fingerprint density at radius 2 is 1.76 bits per heavy atom. The number of anilines is 1. The molecule has 0 atom stereocenters. The molecule has 0 bridgehead atoms. The number of hydrazone groups is 1. The SMILES string of the molecule is COc1cccc(NC(=O)C(=O)N/N=C\c2ccc(OCC(=O)NC3CCCCC3)cc2)c1. The lowest BCUT2D eigenvalue weighted by molar-refractivity contribution is -0.136. The molecule has 2 aromatic rings. The van der Waals surface area contributed by atoms with E-state index in [2.05, 4.69) is 21.2 Å². The number of carbonyl (C=O) groups excluding carboxylic acids is 3. The van der Waals surface area contributed by atoms with Crippen molar-refractivity contribution >= 4 is 29.6 Å². The lowest BCUT2D eigenvalue weighted by Crippen LogP contribution is -2.38. The van der Waals surface area contributed by atoms with Gasteiger partial charge in [0.15, 0.2) is 6.61 Å². The molecule has 1 fully saturated rings. The summed E-state index contributed by atoms with van der Waals surface area (Å²) in [4.78, 5) is 35.9. The summed E-state index contributed by atoms with van der Waals surface area (Å²) in [7, 11) is 1.51. The van der Waals surface area contributed by atoms with Crippen molar-refractivity contribution < 1.29 is 23.9 Å². The van der Waals surface area contributed by atoms with Crippen LogP contribution in [0.3, 0.4) is 0 Å². The Balaban J connectivity index is 1.40. The van der Waals surface area contributed by atoms with Crippen LogP contribution in [-0.2, 0) is 14.4 Å². The van der Waals surface area contributed by atoms with E-state index in [1.54, 1.807) is 48.5 Å². The zero-order chi connectivity index (χ0) is 23.5. The van der Waals surface area contributed by atoms with Crippen LogP contribution in [0.4, 0.5) is 5.69 Å². The minimum atomic E-state index is -0.905. The highest BCUT2D eigenvalue weighted by Crippen LogP contribution is 2.18. The molecular weight excluding hydrogens is 424 g/mol. The molecule has 174 valence electrons. The maximum absolute atomic E-state index is 12.0. The molecule has 0 spiro atoms. The molecule has 0 radical (unpaired) electrons. The van der Waals surface area contributed by atoms with Gasteiger partial charge >= 0.3 is 11.8 Å². The highest BCUT2D eigenvalue weighted by atomic mass is 16.5. The summed E-state index contributed by atoms with van der Waals surface area (Å²) in [6.07, 6.45) is 7.00. The van der Waals surface area contributed by atoms with E-state index in [4.69, 9.17) is 9.47 Å². The number of ether oxygens (including phenoxy) is 2. The van der Waals surface area contributed by atoms with Crippen molar-refractivity contribution in [2.75, 3.05) is 19.0 Å². The van der Waals surface area contributed by atoms with Crippen molar-refractivity contribution in [3.05, 3.63) is 54.1 Å². The molecule has 3 N–H and O–H groups in total. The highest BCUT2D eigenvalue weighted by molar-refractivity contribution is 6.39. The first-order valence-corrected chi connectivity index (χ1v) is 10.8. The van der Waals surface area contributed by atoms with Crippen LogP contribution in [0.15, 0.2) is 53.6 Å². The van der Waals surface area contributed by atoms with Crippen LogP contribution >= 0.6 is 0 Å². The Kier molecular flexibility index (Phi) is 8.81. The van der Waals surface area contributed by atoms with Gasteiger partial charge in [-0.3, -0.25) is 14.4 Å². The summed E-state index contributed by atoms with van der Waals surface area (Å²) < 4.78 is 10.6. The predicted molar refractivity (Wildman–Crippen MR) is 124 cm³/mol. The molecule has 3 amide bonds. The fraction of sp³-hybridized carbons (Fsp3) is 0.333. The van der Waals surface area contributed by atoms with Crippen LogP contribution in [-0.4, -0.2) is 43.7 Å². The molecular formula is C24H28N4O5. The number of nitrogens with one attached hydrogen (secondary N) is 3. The molecule has 3 rings (SSSR count). The van der Waals surface area contributed by atoms with E-state index in [0.29, 0.717) is 22.7 Å². The Bertz CT molecular complexity index is 985. The molecule has 33 heavy (non-hydrogen) atoms. The smallest absolute Gasteiger partial charge is 0.329 e. The van der Waals surface area contributed by atoms with E-state index >= 15 is 0 Å². The van der Waals surface area contributed by atoms with Gasteiger partial charge in [-0.25, -0.2) is 5.43 Å². The molecule has 0 heterocycles. The van der Waals surface area contributed by atoms with Crippen molar-refractivity contribution in [2.45, 2.75) is 38.1 Å². The second-order valence-electron chi connectivity index (χ2n) is 7.65. The topological polar surface area (TPSA) is 118 Å². The first-order chi connectivity index (χ1) is 16.0. The number of methoxy groups -OCH3 is 1. The van der Waals surface area contributed by atoms with E-state index < -0.39 is 11.8 Å². The third-order valence-corrected chi connectivity index (χ3v) is 5.13. The summed E-state index contributed by atoms with van der Waals surface area (Å²) >= 11 is 0. The van der Waals surface area contributed by atoms with Gasteiger partial charge in [-0.1, -0.05) is 25.3 Å². The van der Waals surface area contributed by atoms with E-state index in [1.165, 1.54) is 19.7 Å². The number of amides is 3. The van der Waals surface area contributed by atoms with Crippen LogP contribution < -0.4 is 25.5 Å². The van der Waals surface area contributed by atoms with Gasteiger partial charge in [0.2, 0.25) is 0 Å². The van der Waals surface area contributed by atoms with Crippen LogP contribution in [0.2, 0.25) is 0 Å². The quantitative estimate of drug-likeness (QED) is 0.323. The van der Waals surface area contributed by atoms with Crippen molar-refractivity contribution in [1.29, 1.82) is 0 Å². The number of carbonyl (C=O) groups is 3. The number of rotatable bonds is 8. The highest BCUT2D eigenvalue weighted by Gasteiger charge is 2.16. The molecule has 1 saturated carbocycles. The molecule has 0 aliphatic heterocycles. The van der Waals surface area contributed by atoms with E-state index in [-0.39, 0.29) is 18.6 Å². The summed E-state index contributed by atoms with van der Waals surface area (Å²) in [5.41, 5.74) is 3.29. The summed E-state index contributed by atoms with van der Waals surface area (Å²) in [5, 5.41) is 9.26. The van der Waals surface area contributed by atoms with Gasteiger partial charge in [0.25, 0.3) is 5.91 Å². The van der Waals surface area contributed by atoms with Gasteiger partial charge in [-0.15, -0.1) is 0 Å². The minimum Gasteiger partial charge on any atom is -0.497 e. The van der Waals surface area contributed by atoms with Crippen molar-refractivity contribution in [3.8, 4) is 11.5 Å². The molecule has 9 nitrogen and oxygen atoms in total. The molecule has 1 aliphatic carbocycles. The molecule has 2 aromatic carbocycles.